The molecule has 5 atom stereocenters. The third kappa shape index (κ3) is 6.52. The maximum Gasteiger partial charge on any atom is 0.192 e. The van der Waals surface area contributed by atoms with Crippen LogP contribution in [-0.2, 0) is 24.9 Å². The molecule has 1 aromatic rings. The van der Waals surface area contributed by atoms with Crippen molar-refractivity contribution in [2.75, 3.05) is 0 Å². The van der Waals surface area contributed by atoms with Gasteiger partial charge in [0.15, 0.2) is 22.9 Å². The van der Waals surface area contributed by atoms with Crippen molar-refractivity contribution >= 4 is 16.6 Å². The number of aliphatic hydroxyl groups excluding tert-OH is 1. The Morgan fingerprint density at radius 3 is 1.78 bits per heavy atom. The summed E-state index contributed by atoms with van der Waals surface area (Å²) in [5, 5.41) is 11.6. The highest BCUT2D eigenvalue weighted by Crippen LogP contribution is 2.42. The zero-order chi connectivity index (χ0) is 24.5. The zero-order valence-electron chi connectivity index (χ0n) is 22.1. The van der Waals surface area contributed by atoms with E-state index in [-0.39, 0.29) is 16.2 Å². The predicted molar refractivity (Wildman–Crippen MR) is 136 cm³/mol. The predicted octanol–water partition coefficient (Wildman–Crippen LogP) is 6.09. The quantitative estimate of drug-likeness (QED) is 0.477. The first kappa shape index (κ1) is 27.7. The Balaban J connectivity index is 2.30. The molecule has 2 rings (SSSR count). The van der Waals surface area contributed by atoms with E-state index in [1.165, 1.54) is 0 Å². The van der Waals surface area contributed by atoms with E-state index in [4.69, 9.17) is 18.3 Å². The van der Waals surface area contributed by atoms with Crippen molar-refractivity contribution in [1.29, 1.82) is 0 Å². The first-order valence-electron chi connectivity index (χ1n) is 11.8. The van der Waals surface area contributed by atoms with Crippen LogP contribution in [0.2, 0.25) is 36.3 Å². The standard InChI is InChI=1S/C25H46O5Si2/c1-18-21(29-31(8,9)24(2,3)4)20(26)22(30-32(10,11)25(5,6)7)23(28-18)27-17-19-15-13-12-14-16-19/h12-16,18,20-23,26H,17H2,1-11H3/t18-,20+,21+,22-,23+/m0/s1. The maximum atomic E-state index is 11.6. The lowest BCUT2D eigenvalue weighted by atomic mass is 10.00. The third-order valence-corrected chi connectivity index (χ3v) is 16.4. The van der Waals surface area contributed by atoms with Gasteiger partial charge in [-0.2, -0.15) is 0 Å². The molecule has 0 unspecified atom stereocenters. The van der Waals surface area contributed by atoms with E-state index in [1.807, 2.05) is 37.3 Å². The summed E-state index contributed by atoms with van der Waals surface area (Å²) in [7, 11) is -4.31. The third-order valence-electron chi connectivity index (χ3n) is 7.48. The van der Waals surface area contributed by atoms with Gasteiger partial charge in [0.05, 0.1) is 18.8 Å². The topological polar surface area (TPSA) is 57.2 Å². The van der Waals surface area contributed by atoms with Gasteiger partial charge < -0.3 is 23.4 Å². The molecule has 0 amide bonds. The summed E-state index contributed by atoms with van der Waals surface area (Å²) >= 11 is 0. The number of rotatable bonds is 7. The van der Waals surface area contributed by atoms with Crippen LogP contribution in [0, 0.1) is 0 Å². The van der Waals surface area contributed by atoms with Crippen molar-refractivity contribution in [2.24, 2.45) is 0 Å². The first-order chi connectivity index (χ1) is 14.5. The van der Waals surface area contributed by atoms with E-state index in [1.54, 1.807) is 0 Å². The number of benzene rings is 1. The minimum absolute atomic E-state index is 0.00442. The van der Waals surface area contributed by atoms with Crippen LogP contribution in [0.25, 0.3) is 0 Å². The second kappa shape index (κ2) is 9.98. The average molecular weight is 483 g/mol. The lowest BCUT2D eigenvalue weighted by molar-refractivity contribution is -0.290. The van der Waals surface area contributed by atoms with Crippen LogP contribution < -0.4 is 0 Å². The normalized spacial score (nSPS) is 28.1. The monoisotopic (exact) mass is 482 g/mol. The Labute approximate surface area is 198 Å². The van der Waals surface area contributed by atoms with Crippen molar-refractivity contribution in [2.45, 2.75) is 122 Å². The van der Waals surface area contributed by atoms with E-state index in [0.29, 0.717) is 6.61 Å². The molecule has 0 spiro atoms. The Kier molecular flexibility index (Phi) is 8.64. The van der Waals surface area contributed by atoms with Crippen molar-refractivity contribution in [1.82, 2.24) is 0 Å². The molecule has 1 heterocycles. The molecule has 1 saturated heterocycles. The van der Waals surface area contributed by atoms with Gasteiger partial charge in [-0.05, 0) is 48.8 Å². The summed E-state index contributed by atoms with van der Waals surface area (Å²) in [5.74, 6) is 0. The van der Waals surface area contributed by atoms with Gasteiger partial charge >= 0.3 is 0 Å². The molecule has 1 aliphatic rings. The number of hydrogen-bond donors (Lipinski definition) is 1. The van der Waals surface area contributed by atoms with Gasteiger partial charge in [0.1, 0.15) is 12.2 Å². The fourth-order valence-electron chi connectivity index (χ4n) is 3.20. The molecule has 32 heavy (non-hydrogen) atoms. The lowest BCUT2D eigenvalue weighted by Crippen LogP contribution is -2.64. The minimum atomic E-state index is -2.20. The van der Waals surface area contributed by atoms with Gasteiger partial charge in [0.2, 0.25) is 0 Å². The minimum Gasteiger partial charge on any atom is -0.409 e. The molecule has 0 saturated carbocycles. The van der Waals surface area contributed by atoms with Crippen LogP contribution in [0.1, 0.15) is 54.0 Å². The van der Waals surface area contributed by atoms with Gasteiger partial charge in [0, 0.05) is 0 Å². The summed E-state index contributed by atoms with van der Waals surface area (Å²) in [6.45, 7) is 24.3. The van der Waals surface area contributed by atoms with Crippen molar-refractivity contribution in [3.8, 4) is 0 Å². The van der Waals surface area contributed by atoms with Crippen LogP contribution in [-0.4, -0.2) is 52.4 Å². The number of hydrogen-bond acceptors (Lipinski definition) is 5. The Morgan fingerprint density at radius 2 is 1.31 bits per heavy atom. The van der Waals surface area contributed by atoms with E-state index >= 15 is 0 Å². The molecule has 1 aliphatic heterocycles. The molecule has 0 aromatic heterocycles. The Morgan fingerprint density at radius 1 is 0.844 bits per heavy atom. The SMILES string of the molecule is C[C@@H]1O[C@@H](OCc2ccccc2)[C@@H](O[Si](C)(C)C(C)(C)C)[C@H](O)[C@@H]1O[Si](C)(C)C(C)(C)C. The molecule has 0 bridgehead atoms. The van der Waals surface area contributed by atoms with Crippen LogP contribution in [0.4, 0.5) is 0 Å². The second-order valence-corrected chi connectivity index (χ2v) is 21.7. The van der Waals surface area contributed by atoms with Crippen LogP contribution in [0.5, 0.6) is 0 Å². The Bertz CT molecular complexity index is 724. The fourth-order valence-corrected chi connectivity index (χ4v) is 5.85. The highest BCUT2D eigenvalue weighted by Gasteiger charge is 2.52. The number of aliphatic hydroxyl groups is 1. The van der Waals surface area contributed by atoms with Crippen LogP contribution >= 0.6 is 0 Å². The van der Waals surface area contributed by atoms with E-state index < -0.39 is 41.2 Å². The van der Waals surface area contributed by atoms with Gasteiger partial charge in [-0.1, -0.05) is 71.9 Å². The van der Waals surface area contributed by atoms with Gasteiger partial charge in [0.25, 0.3) is 0 Å². The molecular formula is C25H46O5Si2. The van der Waals surface area contributed by atoms with Gasteiger partial charge in [-0.15, -0.1) is 0 Å². The summed E-state index contributed by atoms with van der Waals surface area (Å²) < 4.78 is 25.9. The molecule has 1 N–H and O–H groups in total. The molecule has 0 aliphatic carbocycles. The molecule has 7 heteroatoms. The van der Waals surface area contributed by atoms with E-state index in [0.717, 1.165) is 5.56 Å². The summed E-state index contributed by atoms with van der Waals surface area (Å²) in [4.78, 5) is 0. The molecule has 184 valence electrons. The van der Waals surface area contributed by atoms with Crippen LogP contribution in [0.3, 0.4) is 0 Å². The van der Waals surface area contributed by atoms with Gasteiger partial charge in [-0.25, -0.2) is 0 Å². The van der Waals surface area contributed by atoms with Crippen LogP contribution in [0.15, 0.2) is 30.3 Å². The summed E-state index contributed by atoms with van der Waals surface area (Å²) in [6, 6.07) is 10.0. The molecule has 1 fully saturated rings. The molecule has 1 aromatic carbocycles. The highest BCUT2D eigenvalue weighted by molar-refractivity contribution is 6.74. The largest absolute Gasteiger partial charge is 0.409 e. The highest BCUT2D eigenvalue weighted by atomic mass is 28.4. The molecular weight excluding hydrogens is 436 g/mol. The number of ether oxygens (including phenoxy) is 2. The van der Waals surface area contributed by atoms with Crippen molar-refractivity contribution in [3.05, 3.63) is 35.9 Å². The van der Waals surface area contributed by atoms with E-state index in [2.05, 4.69) is 67.7 Å². The average Bonchev–Trinajstić information content (AvgIpc) is 2.65. The molecule has 0 radical (unpaired) electrons. The van der Waals surface area contributed by atoms with Gasteiger partial charge in [-0.3, -0.25) is 0 Å². The lowest BCUT2D eigenvalue weighted by Gasteiger charge is -2.50. The maximum absolute atomic E-state index is 11.6. The van der Waals surface area contributed by atoms with Crippen molar-refractivity contribution < 1.29 is 23.4 Å². The Hall–Kier alpha value is -0.546. The smallest absolute Gasteiger partial charge is 0.192 e. The van der Waals surface area contributed by atoms with Crippen molar-refractivity contribution in [3.63, 3.8) is 0 Å². The zero-order valence-corrected chi connectivity index (χ0v) is 24.1. The summed E-state index contributed by atoms with van der Waals surface area (Å²) in [6.07, 6.45) is -2.86. The second-order valence-electron chi connectivity index (χ2n) is 12.2. The fraction of sp³-hybridized carbons (Fsp3) is 0.760. The summed E-state index contributed by atoms with van der Waals surface area (Å²) in [5.41, 5.74) is 1.06. The first-order valence-corrected chi connectivity index (χ1v) is 17.6. The van der Waals surface area contributed by atoms with E-state index in [9.17, 15) is 5.11 Å². The molecule has 5 nitrogen and oxygen atoms in total.